The Morgan fingerprint density at radius 3 is 2.52 bits per heavy atom. The van der Waals surface area contributed by atoms with Gasteiger partial charge < -0.3 is 14.4 Å². The van der Waals surface area contributed by atoms with Crippen LogP contribution in [0.25, 0.3) is 0 Å². The average molecular weight is 368 g/mol. The minimum Gasteiger partial charge on any atom is -0.493 e. The normalized spacial score (nSPS) is 24.0. The number of methoxy groups -OCH3 is 2. The maximum absolute atomic E-state index is 13.2. The van der Waals surface area contributed by atoms with Gasteiger partial charge >= 0.3 is 0 Å². The number of benzene rings is 1. The molecule has 138 valence electrons. The second kappa shape index (κ2) is 6.84. The van der Waals surface area contributed by atoms with Gasteiger partial charge in [0.05, 0.1) is 19.1 Å². The lowest BCUT2D eigenvalue weighted by Crippen LogP contribution is -2.48. The van der Waals surface area contributed by atoms with Gasteiger partial charge in [0, 0.05) is 38.7 Å². The van der Waals surface area contributed by atoms with Crippen molar-refractivity contribution in [2.75, 3.05) is 33.9 Å². The van der Waals surface area contributed by atoms with E-state index in [1.807, 2.05) is 0 Å². The second-order valence-electron chi connectivity index (χ2n) is 6.53. The van der Waals surface area contributed by atoms with Gasteiger partial charge in [-0.3, -0.25) is 4.79 Å². The van der Waals surface area contributed by atoms with Gasteiger partial charge in [-0.2, -0.15) is 4.31 Å². The topological polar surface area (TPSA) is 76.2 Å². The van der Waals surface area contributed by atoms with Gasteiger partial charge in [-0.25, -0.2) is 8.42 Å². The predicted octanol–water partition coefficient (Wildman–Crippen LogP) is 1.34. The number of ether oxygens (including phenoxy) is 2. The molecule has 0 saturated carbocycles. The Morgan fingerprint density at radius 1 is 1.16 bits per heavy atom. The third-order valence-corrected chi connectivity index (χ3v) is 7.06. The molecule has 0 spiro atoms. The predicted molar refractivity (Wildman–Crippen MR) is 92.2 cm³/mol. The Morgan fingerprint density at radius 2 is 1.88 bits per heavy atom. The van der Waals surface area contributed by atoms with Crippen LogP contribution in [0, 0.1) is 5.92 Å². The van der Waals surface area contributed by atoms with E-state index in [1.54, 1.807) is 15.3 Å². The first-order valence-electron chi connectivity index (χ1n) is 8.38. The highest BCUT2D eigenvalue weighted by atomic mass is 32.2. The number of carbonyl (C=O) groups excluding carboxylic acids is 1. The number of hydrogen-bond acceptors (Lipinski definition) is 5. The minimum absolute atomic E-state index is 0.00198. The van der Waals surface area contributed by atoms with E-state index in [2.05, 4.69) is 0 Å². The molecule has 7 nitrogen and oxygen atoms in total. The molecule has 1 aromatic rings. The zero-order valence-corrected chi connectivity index (χ0v) is 15.6. The van der Waals surface area contributed by atoms with Gasteiger partial charge in [0.2, 0.25) is 15.9 Å². The number of rotatable bonds is 4. The molecule has 0 aromatic heterocycles. The van der Waals surface area contributed by atoms with E-state index < -0.39 is 10.0 Å². The summed E-state index contributed by atoms with van der Waals surface area (Å²) >= 11 is 0. The summed E-state index contributed by atoms with van der Waals surface area (Å²) in [5.74, 6) is 1.07. The average Bonchev–Trinajstić information content (AvgIpc) is 3.05. The Hall–Kier alpha value is -1.80. The molecule has 2 atom stereocenters. The zero-order valence-electron chi connectivity index (χ0n) is 14.8. The Kier molecular flexibility index (Phi) is 4.92. The van der Waals surface area contributed by atoms with Gasteiger partial charge in [0.15, 0.2) is 11.5 Å². The lowest BCUT2D eigenvalue weighted by atomic mass is 9.94. The molecular formula is C17H24N2O5S. The number of carbonyl (C=O) groups is 1. The van der Waals surface area contributed by atoms with Crippen molar-refractivity contribution in [3.8, 4) is 11.5 Å². The van der Waals surface area contributed by atoms with Gasteiger partial charge in [-0.1, -0.05) is 0 Å². The van der Waals surface area contributed by atoms with Crippen LogP contribution in [-0.2, 0) is 14.8 Å². The van der Waals surface area contributed by atoms with Crippen molar-refractivity contribution in [3.05, 3.63) is 18.2 Å². The van der Waals surface area contributed by atoms with Gasteiger partial charge in [0.25, 0.3) is 0 Å². The number of fused-ring (bicyclic) bond motifs is 1. The van der Waals surface area contributed by atoms with Crippen LogP contribution in [0.2, 0.25) is 0 Å². The monoisotopic (exact) mass is 368 g/mol. The molecule has 0 unspecified atom stereocenters. The first-order valence-corrected chi connectivity index (χ1v) is 9.82. The molecule has 25 heavy (non-hydrogen) atoms. The van der Waals surface area contributed by atoms with E-state index in [4.69, 9.17) is 9.47 Å². The van der Waals surface area contributed by atoms with E-state index in [-0.39, 0.29) is 22.8 Å². The van der Waals surface area contributed by atoms with Crippen molar-refractivity contribution >= 4 is 15.9 Å². The fourth-order valence-electron chi connectivity index (χ4n) is 3.81. The first-order chi connectivity index (χ1) is 11.9. The molecule has 2 aliphatic heterocycles. The van der Waals surface area contributed by atoms with E-state index in [1.165, 1.54) is 33.3 Å². The number of sulfonamides is 1. The summed E-state index contributed by atoms with van der Waals surface area (Å²) < 4.78 is 38.4. The lowest BCUT2D eigenvalue weighted by Gasteiger charge is -2.35. The highest BCUT2D eigenvalue weighted by molar-refractivity contribution is 7.89. The highest BCUT2D eigenvalue weighted by Crippen LogP contribution is 2.36. The van der Waals surface area contributed by atoms with E-state index in [9.17, 15) is 13.2 Å². The molecule has 0 bridgehead atoms. The largest absolute Gasteiger partial charge is 0.493 e. The SMILES string of the molecule is COc1ccc(S(=O)(=O)N2CCC[C@@H]3CN(C(C)=O)C[C@@H]32)cc1OC. The van der Waals surface area contributed by atoms with E-state index >= 15 is 0 Å². The Bertz CT molecular complexity index is 764. The molecule has 0 radical (unpaired) electrons. The minimum atomic E-state index is -3.66. The Labute approximate surface area is 148 Å². The van der Waals surface area contributed by atoms with Crippen molar-refractivity contribution in [1.82, 2.24) is 9.21 Å². The number of nitrogens with zero attached hydrogens (tertiary/aromatic N) is 2. The van der Waals surface area contributed by atoms with Crippen LogP contribution in [0.3, 0.4) is 0 Å². The molecule has 8 heteroatoms. The molecule has 0 aliphatic carbocycles. The molecule has 2 fully saturated rings. The number of amides is 1. The highest BCUT2D eigenvalue weighted by Gasteiger charge is 2.44. The summed E-state index contributed by atoms with van der Waals surface area (Å²) in [6.45, 7) is 3.11. The first kappa shape index (κ1) is 18.0. The van der Waals surface area contributed by atoms with Crippen LogP contribution < -0.4 is 9.47 Å². The van der Waals surface area contributed by atoms with Crippen LogP contribution >= 0.6 is 0 Å². The molecule has 1 aromatic carbocycles. The molecule has 0 N–H and O–H groups in total. The summed E-state index contributed by atoms with van der Waals surface area (Å²) in [4.78, 5) is 13.6. The molecule has 2 saturated heterocycles. The maximum Gasteiger partial charge on any atom is 0.243 e. The van der Waals surface area contributed by atoms with Crippen LogP contribution in [0.4, 0.5) is 0 Å². The number of likely N-dealkylation sites (tertiary alicyclic amines) is 1. The lowest BCUT2D eigenvalue weighted by molar-refractivity contribution is -0.128. The van der Waals surface area contributed by atoms with Crippen molar-refractivity contribution in [3.63, 3.8) is 0 Å². The smallest absolute Gasteiger partial charge is 0.243 e. The number of piperidine rings is 1. The quantitative estimate of drug-likeness (QED) is 0.802. The summed E-state index contributed by atoms with van der Waals surface area (Å²) in [6, 6.07) is 4.48. The fourth-order valence-corrected chi connectivity index (χ4v) is 5.54. The summed E-state index contributed by atoms with van der Waals surface area (Å²) in [5, 5.41) is 0. The molecule has 3 rings (SSSR count). The molecule has 2 heterocycles. The fraction of sp³-hybridized carbons (Fsp3) is 0.588. The van der Waals surface area contributed by atoms with Crippen molar-refractivity contribution < 1.29 is 22.7 Å². The van der Waals surface area contributed by atoms with Crippen molar-refractivity contribution in [2.24, 2.45) is 5.92 Å². The second-order valence-corrected chi connectivity index (χ2v) is 8.42. The summed E-state index contributed by atoms with van der Waals surface area (Å²) in [6.07, 6.45) is 1.76. The summed E-state index contributed by atoms with van der Waals surface area (Å²) in [5.41, 5.74) is 0. The van der Waals surface area contributed by atoms with Gasteiger partial charge in [0.1, 0.15) is 0 Å². The van der Waals surface area contributed by atoms with Gasteiger partial charge in [-0.05, 0) is 30.9 Å². The third kappa shape index (κ3) is 3.20. The molecule has 2 aliphatic rings. The zero-order chi connectivity index (χ0) is 18.2. The van der Waals surface area contributed by atoms with E-state index in [0.29, 0.717) is 31.1 Å². The Balaban J connectivity index is 1.93. The summed E-state index contributed by atoms with van der Waals surface area (Å²) in [7, 11) is -0.674. The van der Waals surface area contributed by atoms with Crippen molar-refractivity contribution in [1.29, 1.82) is 0 Å². The van der Waals surface area contributed by atoms with Gasteiger partial charge in [-0.15, -0.1) is 0 Å². The van der Waals surface area contributed by atoms with Crippen molar-refractivity contribution in [2.45, 2.75) is 30.7 Å². The standard InChI is InChI=1S/C17H24N2O5S/c1-12(20)18-10-13-5-4-8-19(15(13)11-18)25(21,22)14-6-7-16(23-2)17(9-14)24-3/h6-7,9,13,15H,4-5,8,10-11H2,1-3H3/t13-,15+/m1/s1. The van der Waals surface area contributed by atoms with Crippen LogP contribution in [-0.4, -0.2) is 63.4 Å². The van der Waals surface area contributed by atoms with Crippen LogP contribution in [0.15, 0.2) is 23.1 Å². The molecule has 1 amide bonds. The van der Waals surface area contributed by atoms with E-state index in [0.717, 1.165) is 12.8 Å². The van der Waals surface area contributed by atoms with Crippen LogP contribution in [0.1, 0.15) is 19.8 Å². The number of hydrogen-bond donors (Lipinski definition) is 0. The third-order valence-electron chi connectivity index (χ3n) is 5.14. The van der Waals surface area contributed by atoms with Crippen LogP contribution in [0.5, 0.6) is 11.5 Å². The maximum atomic E-state index is 13.2. The molecular weight excluding hydrogens is 344 g/mol.